The molecule has 2 aromatic rings. The van der Waals surface area contributed by atoms with Gasteiger partial charge in [-0.15, -0.1) is 10.2 Å². The van der Waals surface area contributed by atoms with E-state index in [0.29, 0.717) is 36.6 Å². The number of aryl methyl sites for hydroxylation is 1. The van der Waals surface area contributed by atoms with Crippen LogP contribution in [0.5, 0.6) is 0 Å². The maximum absolute atomic E-state index is 5.65. The summed E-state index contributed by atoms with van der Waals surface area (Å²) in [6.45, 7) is 5.93. The van der Waals surface area contributed by atoms with Gasteiger partial charge in [-0.05, 0) is 26.3 Å². The fraction of sp³-hybridized carbons (Fsp3) is 0.667. The quantitative estimate of drug-likeness (QED) is 0.783. The molecule has 0 bridgehead atoms. The first-order chi connectivity index (χ1) is 9.24. The van der Waals surface area contributed by atoms with Crippen molar-refractivity contribution in [3.63, 3.8) is 0 Å². The third kappa shape index (κ3) is 2.98. The van der Waals surface area contributed by atoms with Crippen LogP contribution in [0, 0.1) is 6.92 Å². The van der Waals surface area contributed by atoms with E-state index >= 15 is 0 Å². The molecule has 0 spiro atoms. The zero-order valence-electron chi connectivity index (χ0n) is 11.2. The summed E-state index contributed by atoms with van der Waals surface area (Å²) in [6, 6.07) is 0. The average Bonchev–Trinajstić information content (AvgIpc) is 3.02. The lowest BCUT2D eigenvalue weighted by Crippen LogP contribution is -2.22. The zero-order valence-corrected chi connectivity index (χ0v) is 11.2. The molecule has 3 rings (SSSR count). The van der Waals surface area contributed by atoms with Crippen LogP contribution >= 0.6 is 0 Å². The van der Waals surface area contributed by atoms with Gasteiger partial charge in [-0.2, -0.15) is 4.98 Å². The molecule has 2 heterocycles. The Bertz CT molecular complexity index is 546. The summed E-state index contributed by atoms with van der Waals surface area (Å²) in [6.07, 6.45) is 2.33. The predicted octanol–water partition coefficient (Wildman–Crippen LogP) is 1.66. The fourth-order valence-electron chi connectivity index (χ4n) is 1.89. The van der Waals surface area contributed by atoms with E-state index in [1.807, 2.05) is 6.92 Å². The van der Waals surface area contributed by atoms with E-state index in [1.54, 1.807) is 0 Å². The molecule has 19 heavy (non-hydrogen) atoms. The Balaban J connectivity index is 1.61. The van der Waals surface area contributed by atoms with E-state index in [-0.39, 0.29) is 0 Å². The van der Waals surface area contributed by atoms with Gasteiger partial charge in [0.25, 0.3) is 0 Å². The lowest BCUT2D eigenvalue weighted by Gasteiger charge is -2.15. The Kier molecular flexibility index (Phi) is 3.29. The molecule has 0 saturated heterocycles. The van der Waals surface area contributed by atoms with E-state index in [4.69, 9.17) is 8.94 Å². The van der Waals surface area contributed by atoms with Crippen LogP contribution < -0.4 is 0 Å². The summed E-state index contributed by atoms with van der Waals surface area (Å²) >= 11 is 0. The third-order valence-electron chi connectivity index (χ3n) is 3.14. The second kappa shape index (κ2) is 5.08. The van der Waals surface area contributed by atoms with Gasteiger partial charge < -0.3 is 8.94 Å². The number of nitrogens with zero attached hydrogens (tertiary/aromatic N) is 5. The molecular weight excluding hydrogens is 246 g/mol. The zero-order chi connectivity index (χ0) is 13.2. The molecule has 7 heteroatoms. The molecule has 0 unspecified atom stereocenters. The second-order valence-electron chi connectivity index (χ2n) is 4.85. The Morgan fingerprint density at radius 3 is 2.63 bits per heavy atom. The second-order valence-corrected chi connectivity index (χ2v) is 4.85. The Hall–Kier alpha value is -1.76. The minimum Gasteiger partial charge on any atom is -0.424 e. The van der Waals surface area contributed by atoms with Crippen LogP contribution in [0.25, 0.3) is 0 Å². The summed E-state index contributed by atoms with van der Waals surface area (Å²) in [7, 11) is 0. The number of hydrogen-bond donors (Lipinski definition) is 0. The van der Waals surface area contributed by atoms with Crippen molar-refractivity contribution in [2.45, 2.75) is 45.7 Å². The molecule has 0 amide bonds. The van der Waals surface area contributed by atoms with Crippen LogP contribution in [-0.4, -0.2) is 31.8 Å². The summed E-state index contributed by atoms with van der Waals surface area (Å²) in [5.41, 5.74) is 0. The van der Waals surface area contributed by atoms with E-state index in [0.717, 1.165) is 12.4 Å². The van der Waals surface area contributed by atoms with E-state index in [1.165, 1.54) is 12.8 Å². The van der Waals surface area contributed by atoms with Gasteiger partial charge in [0.2, 0.25) is 17.7 Å². The fourth-order valence-corrected chi connectivity index (χ4v) is 1.89. The highest BCUT2D eigenvalue weighted by Crippen LogP contribution is 2.39. The smallest absolute Gasteiger partial charge is 0.240 e. The predicted molar refractivity (Wildman–Crippen MR) is 65.1 cm³/mol. The Morgan fingerprint density at radius 1 is 1.21 bits per heavy atom. The lowest BCUT2D eigenvalue weighted by molar-refractivity contribution is 0.208. The summed E-state index contributed by atoms with van der Waals surface area (Å²) < 4.78 is 10.8. The molecule has 0 aromatic carbocycles. The largest absolute Gasteiger partial charge is 0.424 e. The molecule has 1 fully saturated rings. The molecule has 2 aromatic heterocycles. The van der Waals surface area contributed by atoms with Crippen LogP contribution in [0.1, 0.15) is 49.2 Å². The van der Waals surface area contributed by atoms with Gasteiger partial charge in [-0.25, -0.2) is 0 Å². The molecule has 1 saturated carbocycles. The molecule has 0 aliphatic heterocycles. The monoisotopic (exact) mass is 263 g/mol. The normalized spacial score (nSPS) is 15.3. The molecule has 1 aliphatic carbocycles. The Labute approximate surface area is 111 Å². The van der Waals surface area contributed by atoms with Crippen LogP contribution in [-0.2, 0) is 13.1 Å². The van der Waals surface area contributed by atoms with Gasteiger partial charge in [0.15, 0.2) is 5.82 Å². The molecule has 0 atom stereocenters. The molecular formula is C12H17N5O2. The van der Waals surface area contributed by atoms with Gasteiger partial charge in [0, 0.05) is 5.92 Å². The van der Waals surface area contributed by atoms with E-state index in [9.17, 15) is 0 Å². The summed E-state index contributed by atoms with van der Waals surface area (Å²) in [4.78, 5) is 6.32. The van der Waals surface area contributed by atoms with E-state index < -0.39 is 0 Å². The number of hydrogen-bond acceptors (Lipinski definition) is 7. The standard InChI is InChI=1S/C12H17N5O2/c1-3-17(6-10-13-8(2)16-19-10)7-11-14-15-12(18-11)9-4-5-9/h9H,3-7H2,1-2H3. The van der Waals surface area contributed by atoms with Crippen LogP contribution in [0.15, 0.2) is 8.94 Å². The van der Waals surface area contributed by atoms with Crippen molar-refractivity contribution < 1.29 is 8.94 Å². The van der Waals surface area contributed by atoms with Crippen LogP contribution in [0.2, 0.25) is 0 Å². The van der Waals surface area contributed by atoms with Crippen molar-refractivity contribution in [2.75, 3.05) is 6.54 Å². The molecule has 0 radical (unpaired) electrons. The van der Waals surface area contributed by atoms with Crippen molar-refractivity contribution in [1.29, 1.82) is 0 Å². The van der Waals surface area contributed by atoms with Crippen molar-refractivity contribution in [2.24, 2.45) is 0 Å². The van der Waals surface area contributed by atoms with E-state index in [2.05, 4.69) is 32.2 Å². The van der Waals surface area contributed by atoms with Crippen molar-refractivity contribution in [3.05, 3.63) is 23.5 Å². The van der Waals surface area contributed by atoms with Crippen molar-refractivity contribution >= 4 is 0 Å². The first kappa shape index (κ1) is 12.3. The Morgan fingerprint density at radius 2 is 2.00 bits per heavy atom. The lowest BCUT2D eigenvalue weighted by atomic mass is 10.4. The number of aromatic nitrogens is 4. The SMILES string of the molecule is CCN(Cc1nc(C)no1)Cc1nnc(C2CC2)o1. The van der Waals surface area contributed by atoms with Gasteiger partial charge in [0.1, 0.15) is 0 Å². The molecule has 102 valence electrons. The van der Waals surface area contributed by atoms with Gasteiger partial charge in [0.05, 0.1) is 13.1 Å². The minimum atomic E-state index is 0.495. The maximum atomic E-state index is 5.65. The van der Waals surface area contributed by atoms with Gasteiger partial charge >= 0.3 is 0 Å². The van der Waals surface area contributed by atoms with Crippen molar-refractivity contribution in [3.8, 4) is 0 Å². The van der Waals surface area contributed by atoms with Crippen LogP contribution in [0.3, 0.4) is 0 Å². The van der Waals surface area contributed by atoms with Crippen molar-refractivity contribution in [1.82, 2.24) is 25.2 Å². The van der Waals surface area contributed by atoms with Gasteiger partial charge in [-0.3, -0.25) is 4.90 Å². The topological polar surface area (TPSA) is 81.1 Å². The highest BCUT2D eigenvalue weighted by atomic mass is 16.5. The highest BCUT2D eigenvalue weighted by Gasteiger charge is 2.29. The third-order valence-corrected chi connectivity index (χ3v) is 3.14. The first-order valence-corrected chi connectivity index (χ1v) is 6.58. The van der Waals surface area contributed by atoms with Gasteiger partial charge in [-0.1, -0.05) is 12.1 Å². The first-order valence-electron chi connectivity index (χ1n) is 6.58. The maximum Gasteiger partial charge on any atom is 0.240 e. The summed E-state index contributed by atoms with van der Waals surface area (Å²) in [5.74, 6) is 3.19. The van der Waals surface area contributed by atoms with Crippen LogP contribution in [0.4, 0.5) is 0 Å². The minimum absolute atomic E-state index is 0.495. The highest BCUT2D eigenvalue weighted by molar-refractivity contribution is 5.00. The summed E-state index contributed by atoms with van der Waals surface area (Å²) in [5, 5.41) is 12.0. The number of rotatable bonds is 6. The molecule has 0 N–H and O–H groups in total. The average molecular weight is 263 g/mol. The molecule has 1 aliphatic rings. The molecule has 7 nitrogen and oxygen atoms in total.